The smallest absolute Gasteiger partial charge is 0.0626 e. The molecule has 2 atom stereocenters. The van der Waals surface area contributed by atoms with E-state index in [1.165, 1.54) is 45.1 Å². The molecule has 1 saturated heterocycles. The average Bonchev–Trinajstić information content (AvgIpc) is 2.86. The number of ether oxygens (including phenoxy) is 1. The maximum Gasteiger partial charge on any atom is 0.0626 e. The molecule has 1 aliphatic carbocycles. The largest absolute Gasteiger partial charge is 0.383 e. The number of hydrogen-bond donors (Lipinski definition) is 1. The molecule has 2 N–H and O–H groups in total. The first-order valence-electron chi connectivity index (χ1n) is 6.80. The Balaban J connectivity index is 1.82. The van der Waals surface area contributed by atoms with Crippen LogP contribution in [0.5, 0.6) is 0 Å². The Bertz CT molecular complexity index is 204. The van der Waals surface area contributed by atoms with E-state index in [1.54, 1.807) is 7.11 Å². The number of nitrogens with two attached hydrogens (primary N) is 1. The fraction of sp³-hybridized carbons (Fsp3) is 1.00. The molecule has 0 amide bonds. The van der Waals surface area contributed by atoms with Crippen molar-refractivity contribution in [3.63, 3.8) is 0 Å². The third-order valence-corrected chi connectivity index (χ3v) is 4.21. The molecule has 0 spiro atoms. The molecule has 1 heterocycles. The maximum atomic E-state index is 6.06. The van der Waals surface area contributed by atoms with Gasteiger partial charge in [0.25, 0.3) is 0 Å². The summed E-state index contributed by atoms with van der Waals surface area (Å²) >= 11 is 0. The van der Waals surface area contributed by atoms with E-state index in [2.05, 4.69) is 4.90 Å². The minimum atomic E-state index is 0.187. The zero-order chi connectivity index (χ0) is 11.4. The van der Waals surface area contributed by atoms with Gasteiger partial charge in [-0.25, -0.2) is 0 Å². The van der Waals surface area contributed by atoms with Crippen molar-refractivity contribution in [3.8, 4) is 0 Å². The van der Waals surface area contributed by atoms with E-state index in [4.69, 9.17) is 10.5 Å². The Morgan fingerprint density at radius 3 is 2.69 bits per heavy atom. The van der Waals surface area contributed by atoms with Gasteiger partial charge in [-0.05, 0) is 38.1 Å². The van der Waals surface area contributed by atoms with Gasteiger partial charge >= 0.3 is 0 Å². The normalized spacial score (nSPS) is 30.0. The van der Waals surface area contributed by atoms with Crippen LogP contribution < -0.4 is 5.73 Å². The predicted octanol–water partition coefficient (Wildman–Crippen LogP) is 1.61. The van der Waals surface area contributed by atoms with Gasteiger partial charge in [0.05, 0.1) is 6.61 Å². The first kappa shape index (κ1) is 12.3. The first-order chi connectivity index (χ1) is 7.81. The molecule has 1 saturated carbocycles. The highest BCUT2D eigenvalue weighted by Crippen LogP contribution is 2.35. The molecule has 0 aromatic heterocycles. The summed E-state index contributed by atoms with van der Waals surface area (Å²) in [6.45, 7) is 2.96. The minimum absolute atomic E-state index is 0.187. The summed E-state index contributed by atoms with van der Waals surface area (Å²) in [4.78, 5) is 2.62. The second-order valence-electron chi connectivity index (χ2n) is 5.46. The molecule has 2 fully saturated rings. The van der Waals surface area contributed by atoms with Crippen LogP contribution >= 0.6 is 0 Å². The van der Waals surface area contributed by atoms with E-state index in [9.17, 15) is 0 Å². The third-order valence-electron chi connectivity index (χ3n) is 4.21. The van der Waals surface area contributed by atoms with Crippen molar-refractivity contribution in [1.82, 2.24) is 4.90 Å². The highest BCUT2D eigenvalue weighted by atomic mass is 16.5. The number of likely N-dealkylation sites (tertiary alicyclic amines) is 1. The molecule has 2 rings (SSSR count). The van der Waals surface area contributed by atoms with Crippen LogP contribution in [0.3, 0.4) is 0 Å². The Kier molecular flexibility index (Phi) is 4.62. The maximum absolute atomic E-state index is 6.06. The van der Waals surface area contributed by atoms with Crippen molar-refractivity contribution in [1.29, 1.82) is 0 Å². The molecule has 1 aliphatic heterocycles. The average molecular weight is 226 g/mol. The summed E-state index contributed by atoms with van der Waals surface area (Å²) in [5, 5.41) is 0. The van der Waals surface area contributed by atoms with Crippen LogP contribution in [0.2, 0.25) is 0 Å². The topological polar surface area (TPSA) is 38.5 Å². The molecule has 3 heteroatoms. The summed E-state index contributed by atoms with van der Waals surface area (Å²) in [5.41, 5.74) is 6.06. The number of nitrogens with zero attached hydrogens (tertiary/aromatic N) is 1. The van der Waals surface area contributed by atoms with Crippen LogP contribution in [0.4, 0.5) is 0 Å². The predicted molar refractivity (Wildman–Crippen MR) is 66.4 cm³/mol. The molecule has 0 radical (unpaired) electrons. The summed E-state index contributed by atoms with van der Waals surface area (Å²) < 4.78 is 5.12. The molecule has 0 aromatic rings. The monoisotopic (exact) mass is 226 g/mol. The molecule has 16 heavy (non-hydrogen) atoms. The Hall–Kier alpha value is -0.120. The third kappa shape index (κ3) is 2.96. The fourth-order valence-electron chi connectivity index (χ4n) is 3.52. The van der Waals surface area contributed by atoms with E-state index >= 15 is 0 Å². The highest BCUT2D eigenvalue weighted by Gasteiger charge is 2.33. The molecular weight excluding hydrogens is 200 g/mol. The van der Waals surface area contributed by atoms with Crippen LogP contribution in [0.25, 0.3) is 0 Å². The molecule has 2 aliphatic rings. The SMILES string of the molecule is COCC(N)CN1CCCC1C1CCCC1. The van der Waals surface area contributed by atoms with Crippen LogP contribution in [0.15, 0.2) is 0 Å². The second-order valence-corrected chi connectivity index (χ2v) is 5.46. The van der Waals surface area contributed by atoms with Crippen molar-refractivity contribution >= 4 is 0 Å². The van der Waals surface area contributed by atoms with Crippen LogP contribution in [0, 0.1) is 5.92 Å². The summed E-state index contributed by atoms with van der Waals surface area (Å²) in [7, 11) is 1.73. The Labute approximate surface area is 99.3 Å². The van der Waals surface area contributed by atoms with Gasteiger partial charge in [-0.1, -0.05) is 12.8 Å². The fourth-order valence-corrected chi connectivity index (χ4v) is 3.52. The van der Waals surface area contributed by atoms with Gasteiger partial charge in [0, 0.05) is 25.7 Å². The van der Waals surface area contributed by atoms with Crippen molar-refractivity contribution < 1.29 is 4.74 Å². The molecule has 2 unspecified atom stereocenters. The number of methoxy groups -OCH3 is 1. The Morgan fingerprint density at radius 1 is 1.25 bits per heavy atom. The van der Waals surface area contributed by atoms with Gasteiger partial charge in [0.2, 0.25) is 0 Å². The van der Waals surface area contributed by atoms with Gasteiger partial charge in [-0.2, -0.15) is 0 Å². The lowest BCUT2D eigenvalue weighted by atomic mass is 9.96. The molecule has 0 aromatic carbocycles. The van der Waals surface area contributed by atoms with E-state index < -0.39 is 0 Å². The lowest BCUT2D eigenvalue weighted by Crippen LogP contribution is -2.44. The zero-order valence-electron chi connectivity index (χ0n) is 10.5. The second kappa shape index (κ2) is 5.99. The van der Waals surface area contributed by atoms with E-state index in [-0.39, 0.29) is 6.04 Å². The lowest BCUT2D eigenvalue weighted by molar-refractivity contribution is 0.132. The van der Waals surface area contributed by atoms with Crippen molar-refractivity contribution in [2.24, 2.45) is 11.7 Å². The van der Waals surface area contributed by atoms with Crippen LogP contribution in [-0.4, -0.2) is 43.8 Å². The van der Waals surface area contributed by atoms with Crippen LogP contribution in [0.1, 0.15) is 38.5 Å². The van der Waals surface area contributed by atoms with Crippen molar-refractivity contribution in [3.05, 3.63) is 0 Å². The minimum Gasteiger partial charge on any atom is -0.383 e. The molecular formula is C13H26N2O. The molecule has 0 bridgehead atoms. The van der Waals surface area contributed by atoms with Crippen LogP contribution in [-0.2, 0) is 4.74 Å². The Morgan fingerprint density at radius 2 is 2.00 bits per heavy atom. The zero-order valence-corrected chi connectivity index (χ0v) is 10.5. The van der Waals surface area contributed by atoms with Gasteiger partial charge in [0.1, 0.15) is 0 Å². The van der Waals surface area contributed by atoms with E-state index in [1.807, 2.05) is 0 Å². The lowest BCUT2D eigenvalue weighted by Gasteiger charge is -2.31. The standard InChI is InChI=1S/C13H26N2O/c1-16-10-12(14)9-15-8-4-7-13(15)11-5-2-3-6-11/h11-13H,2-10,14H2,1H3. The van der Waals surface area contributed by atoms with Gasteiger partial charge in [0.15, 0.2) is 0 Å². The van der Waals surface area contributed by atoms with Gasteiger partial charge in [-0.15, -0.1) is 0 Å². The van der Waals surface area contributed by atoms with Crippen molar-refractivity contribution in [2.75, 3.05) is 26.8 Å². The van der Waals surface area contributed by atoms with Gasteiger partial charge in [-0.3, -0.25) is 4.90 Å². The molecule has 3 nitrogen and oxygen atoms in total. The molecule has 94 valence electrons. The number of hydrogen-bond acceptors (Lipinski definition) is 3. The van der Waals surface area contributed by atoms with Crippen molar-refractivity contribution in [2.45, 2.75) is 50.6 Å². The quantitative estimate of drug-likeness (QED) is 0.774. The number of rotatable bonds is 5. The first-order valence-corrected chi connectivity index (χ1v) is 6.80. The highest BCUT2D eigenvalue weighted by molar-refractivity contribution is 4.88. The van der Waals surface area contributed by atoms with E-state index in [0.717, 1.165) is 18.5 Å². The summed E-state index contributed by atoms with van der Waals surface area (Å²) in [6, 6.07) is 1.01. The van der Waals surface area contributed by atoms with E-state index in [0.29, 0.717) is 6.61 Å². The summed E-state index contributed by atoms with van der Waals surface area (Å²) in [6.07, 6.45) is 8.53. The summed E-state index contributed by atoms with van der Waals surface area (Å²) in [5.74, 6) is 0.956. The van der Waals surface area contributed by atoms with Gasteiger partial charge < -0.3 is 10.5 Å².